The predicted molar refractivity (Wildman–Crippen MR) is 120 cm³/mol. The van der Waals surface area contributed by atoms with E-state index in [1.807, 2.05) is 0 Å². The molecule has 3 nitrogen and oxygen atoms in total. The van der Waals surface area contributed by atoms with E-state index in [0.29, 0.717) is 6.61 Å². The molecule has 1 aliphatic rings. The van der Waals surface area contributed by atoms with Crippen LogP contribution >= 0.6 is 0 Å². The predicted octanol–water partition coefficient (Wildman–Crippen LogP) is 5.86. The minimum atomic E-state index is 0.305. The third-order valence-corrected chi connectivity index (χ3v) is 6.21. The van der Waals surface area contributed by atoms with E-state index < -0.39 is 0 Å². The number of aliphatic hydroxyl groups is 1. The zero-order valence-electron chi connectivity index (χ0n) is 18.6. The smallest absolute Gasteiger partial charge is 0.0558 e. The molecule has 0 aliphatic carbocycles. The van der Waals surface area contributed by atoms with Crippen molar-refractivity contribution in [3.63, 3.8) is 0 Å². The molecule has 1 saturated heterocycles. The van der Waals surface area contributed by atoms with Crippen LogP contribution in [0.1, 0.15) is 110 Å². The van der Waals surface area contributed by atoms with Crippen molar-refractivity contribution >= 4 is 0 Å². The van der Waals surface area contributed by atoms with Gasteiger partial charge in [0.15, 0.2) is 0 Å². The number of β-amino-alcohol motifs (C(OH)–C–C–N with tert-alkyl or cyclic N) is 1. The Bertz CT molecular complexity index is 290. The van der Waals surface area contributed by atoms with Crippen LogP contribution in [-0.4, -0.2) is 60.8 Å². The highest BCUT2D eigenvalue weighted by atomic mass is 16.3. The maximum absolute atomic E-state index is 8.99. The SMILES string of the molecule is CCCCCCCCCCCCCCCCCCN1CCN(CCO)CC1. The van der Waals surface area contributed by atoms with Crippen molar-refractivity contribution in [2.45, 2.75) is 110 Å². The van der Waals surface area contributed by atoms with Crippen molar-refractivity contribution < 1.29 is 5.11 Å². The van der Waals surface area contributed by atoms with Gasteiger partial charge in [0.25, 0.3) is 0 Å². The molecule has 0 amide bonds. The molecule has 0 atom stereocenters. The maximum Gasteiger partial charge on any atom is 0.0558 e. The highest BCUT2D eigenvalue weighted by Gasteiger charge is 2.15. The van der Waals surface area contributed by atoms with E-state index in [0.717, 1.165) is 19.6 Å². The summed E-state index contributed by atoms with van der Waals surface area (Å²) in [5, 5.41) is 8.99. The Labute approximate surface area is 170 Å². The Kier molecular flexibility index (Phi) is 17.7. The van der Waals surface area contributed by atoms with Crippen molar-refractivity contribution in [2.24, 2.45) is 0 Å². The third-order valence-electron chi connectivity index (χ3n) is 6.21. The van der Waals surface area contributed by atoms with Gasteiger partial charge in [-0.25, -0.2) is 0 Å². The molecule has 0 aromatic heterocycles. The topological polar surface area (TPSA) is 26.7 Å². The van der Waals surface area contributed by atoms with Gasteiger partial charge in [-0.05, 0) is 13.0 Å². The lowest BCUT2D eigenvalue weighted by molar-refractivity contribution is 0.111. The van der Waals surface area contributed by atoms with Crippen LogP contribution in [0, 0.1) is 0 Å². The number of aliphatic hydroxyl groups excluding tert-OH is 1. The first-order valence-corrected chi connectivity index (χ1v) is 12.4. The van der Waals surface area contributed by atoms with Gasteiger partial charge in [0.2, 0.25) is 0 Å². The molecule has 0 spiro atoms. The van der Waals surface area contributed by atoms with E-state index in [-0.39, 0.29) is 0 Å². The van der Waals surface area contributed by atoms with Gasteiger partial charge in [0.05, 0.1) is 6.61 Å². The summed E-state index contributed by atoms with van der Waals surface area (Å²) < 4.78 is 0. The molecule has 1 N–H and O–H groups in total. The standard InChI is InChI=1S/C24H50N2O/c1-2-3-4-5-6-7-8-9-10-11-12-13-14-15-16-17-18-25-19-21-26(22-20-25)23-24-27/h27H,2-24H2,1H3. The molecule has 0 radical (unpaired) electrons. The van der Waals surface area contributed by atoms with Crippen LogP contribution in [0.4, 0.5) is 0 Å². The summed E-state index contributed by atoms with van der Waals surface area (Å²) in [5.41, 5.74) is 0. The van der Waals surface area contributed by atoms with Crippen LogP contribution in [0.15, 0.2) is 0 Å². The molecule has 1 heterocycles. The van der Waals surface area contributed by atoms with Crippen molar-refractivity contribution in [3.8, 4) is 0 Å². The largest absolute Gasteiger partial charge is 0.395 e. The lowest BCUT2D eigenvalue weighted by Crippen LogP contribution is -2.47. The van der Waals surface area contributed by atoms with Gasteiger partial charge in [-0.1, -0.05) is 103 Å². The van der Waals surface area contributed by atoms with Crippen molar-refractivity contribution in [1.29, 1.82) is 0 Å². The Morgan fingerprint density at radius 1 is 0.481 bits per heavy atom. The molecule has 3 heteroatoms. The molecule has 1 aliphatic heterocycles. The van der Waals surface area contributed by atoms with Gasteiger partial charge in [0, 0.05) is 32.7 Å². The highest BCUT2D eigenvalue weighted by molar-refractivity contribution is 4.71. The van der Waals surface area contributed by atoms with Gasteiger partial charge >= 0.3 is 0 Å². The van der Waals surface area contributed by atoms with Crippen LogP contribution in [0.2, 0.25) is 0 Å². The fourth-order valence-electron chi connectivity index (χ4n) is 4.26. The van der Waals surface area contributed by atoms with E-state index in [1.54, 1.807) is 0 Å². The fraction of sp³-hybridized carbons (Fsp3) is 1.00. The summed E-state index contributed by atoms with van der Waals surface area (Å²) in [5.74, 6) is 0. The number of nitrogens with zero attached hydrogens (tertiary/aromatic N) is 2. The Morgan fingerprint density at radius 3 is 1.19 bits per heavy atom. The number of unbranched alkanes of at least 4 members (excludes halogenated alkanes) is 15. The molecule has 162 valence electrons. The van der Waals surface area contributed by atoms with E-state index >= 15 is 0 Å². The summed E-state index contributed by atoms with van der Waals surface area (Å²) in [4.78, 5) is 4.99. The van der Waals surface area contributed by atoms with E-state index in [4.69, 9.17) is 5.11 Å². The molecule has 0 aromatic carbocycles. The summed E-state index contributed by atoms with van der Waals surface area (Å²) in [7, 11) is 0. The van der Waals surface area contributed by atoms with Crippen LogP contribution < -0.4 is 0 Å². The molecule has 0 saturated carbocycles. The van der Waals surface area contributed by atoms with Gasteiger partial charge in [-0.3, -0.25) is 4.90 Å². The molecule has 27 heavy (non-hydrogen) atoms. The first kappa shape index (κ1) is 24.9. The first-order chi connectivity index (χ1) is 13.4. The van der Waals surface area contributed by atoms with Gasteiger partial charge in [-0.15, -0.1) is 0 Å². The average Bonchev–Trinajstić information content (AvgIpc) is 2.69. The second-order valence-corrected chi connectivity index (χ2v) is 8.71. The lowest BCUT2D eigenvalue weighted by atomic mass is 10.0. The first-order valence-electron chi connectivity index (χ1n) is 12.4. The van der Waals surface area contributed by atoms with Gasteiger partial charge < -0.3 is 10.0 Å². The molecular formula is C24H50N2O. The van der Waals surface area contributed by atoms with Crippen LogP contribution in [-0.2, 0) is 0 Å². The summed E-state index contributed by atoms with van der Waals surface area (Å²) >= 11 is 0. The second kappa shape index (κ2) is 19.2. The van der Waals surface area contributed by atoms with Crippen LogP contribution in [0.5, 0.6) is 0 Å². The highest BCUT2D eigenvalue weighted by Crippen LogP contribution is 2.14. The lowest BCUT2D eigenvalue weighted by Gasteiger charge is -2.34. The zero-order chi connectivity index (χ0) is 19.4. The molecule has 0 aromatic rings. The van der Waals surface area contributed by atoms with Crippen LogP contribution in [0.25, 0.3) is 0 Å². The number of rotatable bonds is 19. The maximum atomic E-state index is 8.99. The molecule has 1 fully saturated rings. The fourth-order valence-corrected chi connectivity index (χ4v) is 4.26. The Balaban J connectivity index is 1.71. The molecule has 0 unspecified atom stereocenters. The second-order valence-electron chi connectivity index (χ2n) is 8.71. The number of hydrogen-bond acceptors (Lipinski definition) is 3. The average molecular weight is 383 g/mol. The number of piperazine rings is 1. The van der Waals surface area contributed by atoms with E-state index in [9.17, 15) is 0 Å². The molecule has 1 rings (SSSR count). The zero-order valence-corrected chi connectivity index (χ0v) is 18.6. The monoisotopic (exact) mass is 382 g/mol. The minimum absolute atomic E-state index is 0.305. The van der Waals surface area contributed by atoms with Crippen molar-refractivity contribution in [1.82, 2.24) is 9.80 Å². The Morgan fingerprint density at radius 2 is 0.815 bits per heavy atom. The summed E-state index contributed by atoms with van der Waals surface area (Å²) in [6.07, 6.45) is 23.1. The third kappa shape index (κ3) is 15.5. The van der Waals surface area contributed by atoms with E-state index in [1.165, 1.54) is 122 Å². The van der Waals surface area contributed by atoms with Crippen molar-refractivity contribution in [2.75, 3.05) is 45.9 Å². The molecular weight excluding hydrogens is 332 g/mol. The van der Waals surface area contributed by atoms with Gasteiger partial charge in [0.1, 0.15) is 0 Å². The Hall–Kier alpha value is -0.120. The molecule has 0 bridgehead atoms. The van der Waals surface area contributed by atoms with E-state index in [2.05, 4.69) is 16.7 Å². The summed E-state index contributed by atoms with van der Waals surface area (Å²) in [6, 6.07) is 0. The normalized spacial score (nSPS) is 16.2. The quantitative estimate of drug-likeness (QED) is 0.284. The summed E-state index contributed by atoms with van der Waals surface area (Å²) in [6.45, 7) is 9.40. The van der Waals surface area contributed by atoms with Crippen molar-refractivity contribution in [3.05, 3.63) is 0 Å². The van der Waals surface area contributed by atoms with Gasteiger partial charge in [-0.2, -0.15) is 0 Å². The van der Waals surface area contributed by atoms with Crippen LogP contribution in [0.3, 0.4) is 0 Å². The minimum Gasteiger partial charge on any atom is -0.395 e. The number of hydrogen-bond donors (Lipinski definition) is 1.